The molecule has 76 valence electrons. The van der Waals surface area contributed by atoms with Gasteiger partial charge in [0, 0.05) is 5.54 Å². The SMILES string of the molecule is Cc1ccc(C[C@]2(C)CCCN2)cc1. The molecule has 1 aliphatic heterocycles. The van der Waals surface area contributed by atoms with Crippen molar-refractivity contribution in [2.45, 2.75) is 38.6 Å². The molecule has 1 aromatic carbocycles. The fourth-order valence-corrected chi connectivity index (χ4v) is 2.26. The Morgan fingerprint density at radius 1 is 1.29 bits per heavy atom. The Labute approximate surface area is 86.5 Å². The molecular formula is C13H19N. The van der Waals surface area contributed by atoms with Crippen LogP contribution in [0.4, 0.5) is 0 Å². The highest BCUT2D eigenvalue weighted by Gasteiger charge is 2.27. The predicted octanol–water partition coefficient (Wildman–Crippen LogP) is 2.68. The zero-order chi connectivity index (χ0) is 10.0. The lowest BCUT2D eigenvalue weighted by Crippen LogP contribution is -2.38. The van der Waals surface area contributed by atoms with Gasteiger partial charge >= 0.3 is 0 Å². The molecule has 1 fully saturated rings. The largest absolute Gasteiger partial charge is 0.311 e. The van der Waals surface area contributed by atoms with Gasteiger partial charge in [0.25, 0.3) is 0 Å². The molecule has 1 aliphatic rings. The molecule has 1 aromatic rings. The van der Waals surface area contributed by atoms with Gasteiger partial charge in [0.15, 0.2) is 0 Å². The van der Waals surface area contributed by atoms with Crippen LogP contribution in [0.15, 0.2) is 24.3 Å². The highest BCUT2D eigenvalue weighted by atomic mass is 15.0. The fraction of sp³-hybridized carbons (Fsp3) is 0.538. The van der Waals surface area contributed by atoms with E-state index in [2.05, 4.69) is 43.4 Å². The molecule has 2 rings (SSSR count). The molecule has 1 N–H and O–H groups in total. The smallest absolute Gasteiger partial charge is 0.0194 e. The van der Waals surface area contributed by atoms with Crippen molar-refractivity contribution < 1.29 is 0 Å². The van der Waals surface area contributed by atoms with Crippen molar-refractivity contribution in [2.75, 3.05) is 6.54 Å². The molecule has 0 spiro atoms. The first-order valence-corrected chi connectivity index (χ1v) is 5.49. The molecule has 0 amide bonds. The van der Waals surface area contributed by atoms with Crippen LogP contribution in [0, 0.1) is 6.92 Å². The van der Waals surface area contributed by atoms with Gasteiger partial charge in [0.05, 0.1) is 0 Å². The van der Waals surface area contributed by atoms with Gasteiger partial charge in [-0.15, -0.1) is 0 Å². The van der Waals surface area contributed by atoms with E-state index in [9.17, 15) is 0 Å². The summed E-state index contributed by atoms with van der Waals surface area (Å²) in [6.45, 7) is 5.65. The van der Waals surface area contributed by atoms with Crippen molar-refractivity contribution in [3.05, 3.63) is 35.4 Å². The first-order chi connectivity index (χ1) is 6.68. The normalized spacial score (nSPS) is 26.7. The lowest BCUT2D eigenvalue weighted by molar-refractivity contribution is 0.412. The van der Waals surface area contributed by atoms with E-state index in [4.69, 9.17) is 0 Å². The molecule has 0 aliphatic carbocycles. The average Bonchev–Trinajstić information content (AvgIpc) is 2.57. The Kier molecular flexibility index (Phi) is 2.60. The third-order valence-electron chi connectivity index (χ3n) is 3.17. The van der Waals surface area contributed by atoms with Crippen LogP contribution in [0.3, 0.4) is 0 Å². The minimum Gasteiger partial charge on any atom is -0.311 e. The average molecular weight is 189 g/mol. The summed E-state index contributed by atoms with van der Waals surface area (Å²) in [5, 5.41) is 3.60. The Balaban J connectivity index is 2.06. The summed E-state index contributed by atoms with van der Waals surface area (Å²) < 4.78 is 0. The lowest BCUT2D eigenvalue weighted by atomic mass is 9.91. The first-order valence-electron chi connectivity index (χ1n) is 5.49. The van der Waals surface area contributed by atoms with E-state index < -0.39 is 0 Å². The second-order valence-electron chi connectivity index (χ2n) is 4.75. The van der Waals surface area contributed by atoms with Crippen LogP contribution >= 0.6 is 0 Å². The first kappa shape index (κ1) is 9.72. The molecule has 1 atom stereocenters. The van der Waals surface area contributed by atoms with Crippen LogP contribution in [0.1, 0.15) is 30.9 Å². The monoisotopic (exact) mass is 189 g/mol. The van der Waals surface area contributed by atoms with Crippen molar-refractivity contribution in [2.24, 2.45) is 0 Å². The molecule has 1 nitrogen and oxygen atoms in total. The van der Waals surface area contributed by atoms with Crippen molar-refractivity contribution in [1.29, 1.82) is 0 Å². The van der Waals surface area contributed by atoms with Crippen molar-refractivity contribution in [3.8, 4) is 0 Å². The zero-order valence-electron chi connectivity index (χ0n) is 9.14. The summed E-state index contributed by atoms with van der Waals surface area (Å²) in [7, 11) is 0. The van der Waals surface area contributed by atoms with E-state index in [1.807, 2.05) is 0 Å². The van der Waals surface area contributed by atoms with Gasteiger partial charge in [-0.25, -0.2) is 0 Å². The molecule has 0 aromatic heterocycles. The number of rotatable bonds is 2. The number of hydrogen-bond donors (Lipinski definition) is 1. The minimum atomic E-state index is 0.343. The third-order valence-corrected chi connectivity index (χ3v) is 3.17. The molecule has 14 heavy (non-hydrogen) atoms. The van der Waals surface area contributed by atoms with Crippen LogP contribution in [0.5, 0.6) is 0 Å². The Morgan fingerprint density at radius 3 is 2.57 bits per heavy atom. The standard InChI is InChI=1S/C13H19N/c1-11-4-6-12(7-5-11)10-13(2)8-3-9-14-13/h4-7,14H,3,8-10H2,1-2H3/t13-/m0/s1. The molecule has 1 heteroatoms. The van der Waals surface area contributed by atoms with Crippen molar-refractivity contribution in [1.82, 2.24) is 5.32 Å². The molecule has 1 saturated heterocycles. The topological polar surface area (TPSA) is 12.0 Å². The van der Waals surface area contributed by atoms with E-state index in [1.54, 1.807) is 0 Å². The quantitative estimate of drug-likeness (QED) is 0.754. The van der Waals surface area contributed by atoms with E-state index in [0.717, 1.165) is 6.42 Å². The van der Waals surface area contributed by atoms with Gasteiger partial charge in [-0.3, -0.25) is 0 Å². The molecular weight excluding hydrogens is 170 g/mol. The van der Waals surface area contributed by atoms with Crippen LogP contribution in [-0.4, -0.2) is 12.1 Å². The molecule has 0 saturated carbocycles. The fourth-order valence-electron chi connectivity index (χ4n) is 2.26. The molecule has 0 bridgehead atoms. The highest BCUT2D eigenvalue weighted by Crippen LogP contribution is 2.23. The van der Waals surface area contributed by atoms with Gasteiger partial charge < -0.3 is 5.32 Å². The molecule has 0 radical (unpaired) electrons. The summed E-state index contributed by atoms with van der Waals surface area (Å²) in [6.07, 6.45) is 3.79. The maximum absolute atomic E-state index is 3.60. The van der Waals surface area contributed by atoms with Crippen LogP contribution in [-0.2, 0) is 6.42 Å². The number of benzene rings is 1. The van der Waals surface area contributed by atoms with Crippen LogP contribution in [0.2, 0.25) is 0 Å². The van der Waals surface area contributed by atoms with Crippen LogP contribution < -0.4 is 5.32 Å². The zero-order valence-corrected chi connectivity index (χ0v) is 9.14. The predicted molar refractivity (Wildman–Crippen MR) is 60.5 cm³/mol. The highest BCUT2D eigenvalue weighted by molar-refractivity contribution is 5.23. The third kappa shape index (κ3) is 2.16. The Morgan fingerprint density at radius 2 is 2.00 bits per heavy atom. The maximum Gasteiger partial charge on any atom is 0.0194 e. The van der Waals surface area contributed by atoms with Gasteiger partial charge in [-0.2, -0.15) is 0 Å². The Hall–Kier alpha value is -0.820. The second-order valence-corrected chi connectivity index (χ2v) is 4.75. The van der Waals surface area contributed by atoms with Crippen molar-refractivity contribution >= 4 is 0 Å². The van der Waals surface area contributed by atoms with Gasteiger partial charge in [-0.05, 0) is 45.2 Å². The van der Waals surface area contributed by atoms with Gasteiger partial charge in [-0.1, -0.05) is 29.8 Å². The van der Waals surface area contributed by atoms with Crippen LogP contribution in [0.25, 0.3) is 0 Å². The lowest BCUT2D eigenvalue weighted by Gasteiger charge is -2.24. The summed E-state index contributed by atoms with van der Waals surface area (Å²) in [5.74, 6) is 0. The van der Waals surface area contributed by atoms with E-state index >= 15 is 0 Å². The second kappa shape index (κ2) is 3.74. The summed E-state index contributed by atoms with van der Waals surface area (Å²) >= 11 is 0. The number of hydrogen-bond acceptors (Lipinski definition) is 1. The molecule has 1 heterocycles. The number of aryl methyl sites for hydroxylation is 1. The minimum absolute atomic E-state index is 0.343. The van der Waals surface area contributed by atoms with E-state index in [-0.39, 0.29) is 0 Å². The van der Waals surface area contributed by atoms with Gasteiger partial charge in [0.1, 0.15) is 0 Å². The summed E-state index contributed by atoms with van der Waals surface area (Å²) in [5.41, 5.74) is 3.14. The van der Waals surface area contributed by atoms with Gasteiger partial charge in [0.2, 0.25) is 0 Å². The van der Waals surface area contributed by atoms with E-state index in [0.29, 0.717) is 5.54 Å². The number of nitrogens with one attached hydrogen (secondary N) is 1. The van der Waals surface area contributed by atoms with E-state index in [1.165, 1.54) is 30.5 Å². The Bertz CT molecular complexity index is 294. The molecule has 0 unspecified atom stereocenters. The maximum atomic E-state index is 3.60. The summed E-state index contributed by atoms with van der Waals surface area (Å²) in [6, 6.07) is 8.91. The van der Waals surface area contributed by atoms with Crippen molar-refractivity contribution in [3.63, 3.8) is 0 Å². The summed E-state index contributed by atoms with van der Waals surface area (Å²) in [4.78, 5) is 0.